The molecular formula is C13H11N3O3. The van der Waals surface area contributed by atoms with Gasteiger partial charge in [-0.25, -0.2) is 14.8 Å². The monoisotopic (exact) mass is 257 g/mol. The molecule has 1 aromatic heterocycles. The fourth-order valence-electron chi connectivity index (χ4n) is 1.99. The SMILES string of the molecule is O=C(O)c1ccnc(NC2COc3ccccc32)n1. The number of carboxylic acids is 1. The summed E-state index contributed by atoms with van der Waals surface area (Å²) in [5.74, 6) is 0.0353. The molecule has 96 valence electrons. The van der Waals surface area contributed by atoms with E-state index in [9.17, 15) is 4.79 Å². The summed E-state index contributed by atoms with van der Waals surface area (Å²) in [4.78, 5) is 18.8. The molecule has 1 aliphatic rings. The van der Waals surface area contributed by atoms with Crippen LogP contribution in [0, 0.1) is 0 Å². The molecule has 2 N–H and O–H groups in total. The van der Waals surface area contributed by atoms with Gasteiger partial charge in [0.25, 0.3) is 0 Å². The molecule has 0 radical (unpaired) electrons. The third-order valence-electron chi connectivity index (χ3n) is 2.88. The number of hydrogen-bond acceptors (Lipinski definition) is 5. The summed E-state index contributed by atoms with van der Waals surface area (Å²) in [5, 5.41) is 12.0. The number of carboxylic acid groups (broad SMARTS) is 1. The first kappa shape index (κ1) is 11.5. The van der Waals surface area contributed by atoms with Crippen molar-refractivity contribution < 1.29 is 14.6 Å². The van der Waals surface area contributed by atoms with Crippen molar-refractivity contribution in [2.75, 3.05) is 11.9 Å². The van der Waals surface area contributed by atoms with E-state index in [1.807, 2.05) is 24.3 Å². The first-order valence-electron chi connectivity index (χ1n) is 5.78. The molecule has 1 atom stereocenters. The van der Waals surface area contributed by atoms with Crippen LogP contribution in [0.25, 0.3) is 0 Å². The van der Waals surface area contributed by atoms with E-state index < -0.39 is 5.97 Å². The van der Waals surface area contributed by atoms with Crippen molar-refractivity contribution in [1.29, 1.82) is 0 Å². The van der Waals surface area contributed by atoms with Gasteiger partial charge in [-0.1, -0.05) is 18.2 Å². The number of benzene rings is 1. The fraction of sp³-hybridized carbons (Fsp3) is 0.154. The van der Waals surface area contributed by atoms with E-state index in [1.165, 1.54) is 12.3 Å². The molecule has 0 saturated carbocycles. The Morgan fingerprint density at radius 1 is 1.37 bits per heavy atom. The Kier molecular flexibility index (Phi) is 2.75. The Morgan fingerprint density at radius 2 is 2.21 bits per heavy atom. The fourth-order valence-corrected chi connectivity index (χ4v) is 1.99. The van der Waals surface area contributed by atoms with Crippen LogP contribution in [0.1, 0.15) is 22.1 Å². The van der Waals surface area contributed by atoms with E-state index >= 15 is 0 Å². The molecule has 0 fully saturated rings. The van der Waals surface area contributed by atoms with Gasteiger partial charge in [0.2, 0.25) is 5.95 Å². The van der Waals surface area contributed by atoms with Crippen LogP contribution in [0.2, 0.25) is 0 Å². The lowest BCUT2D eigenvalue weighted by Gasteiger charge is -2.11. The van der Waals surface area contributed by atoms with Gasteiger partial charge in [-0.3, -0.25) is 0 Å². The van der Waals surface area contributed by atoms with Gasteiger partial charge in [0, 0.05) is 11.8 Å². The normalized spacial score (nSPS) is 16.5. The first-order valence-corrected chi connectivity index (χ1v) is 5.78. The highest BCUT2D eigenvalue weighted by Crippen LogP contribution is 2.33. The molecule has 6 heteroatoms. The van der Waals surface area contributed by atoms with Crippen molar-refractivity contribution in [3.8, 4) is 5.75 Å². The topological polar surface area (TPSA) is 84.3 Å². The summed E-state index contributed by atoms with van der Waals surface area (Å²) in [6.07, 6.45) is 1.42. The number of aromatic nitrogens is 2. The van der Waals surface area contributed by atoms with E-state index in [0.29, 0.717) is 6.61 Å². The number of rotatable bonds is 3. The molecule has 0 spiro atoms. The average molecular weight is 257 g/mol. The van der Waals surface area contributed by atoms with E-state index in [2.05, 4.69) is 15.3 Å². The molecule has 0 amide bonds. The number of aromatic carboxylic acids is 1. The van der Waals surface area contributed by atoms with Crippen molar-refractivity contribution in [3.05, 3.63) is 47.8 Å². The highest BCUT2D eigenvalue weighted by Gasteiger charge is 2.24. The summed E-state index contributed by atoms with van der Waals surface area (Å²) in [7, 11) is 0. The van der Waals surface area contributed by atoms with E-state index in [1.54, 1.807) is 0 Å². The summed E-state index contributed by atoms with van der Waals surface area (Å²) in [5.41, 5.74) is 0.983. The van der Waals surface area contributed by atoms with Gasteiger partial charge in [-0.2, -0.15) is 0 Å². The number of nitrogens with zero attached hydrogens (tertiary/aromatic N) is 2. The molecule has 2 aromatic rings. The second kappa shape index (κ2) is 4.56. The van der Waals surface area contributed by atoms with Crippen molar-refractivity contribution in [3.63, 3.8) is 0 Å². The Labute approximate surface area is 109 Å². The Hall–Kier alpha value is -2.63. The third-order valence-corrected chi connectivity index (χ3v) is 2.88. The van der Waals surface area contributed by atoms with Crippen molar-refractivity contribution in [2.45, 2.75) is 6.04 Å². The lowest BCUT2D eigenvalue weighted by Crippen LogP contribution is -2.15. The molecule has 1 aliphatic heterocycles. The molecule has 0 aliphatic carbocycles. The molecule has 0 bridgehead atoms. The summed E-state index contributed by atoms with van der Waals surface area (Å²) >= 11 is 0. The number of anilines is 1. The zero-order chi connectivity index (χ0) is 13.2. The van der Waals surface area contributed by atoms with Crippen molar-refractivity contribution in [1.82, 2.24) is 9.97 Å². The number of fused-ring (bicyclic) bond motifs is 1. The van der Waals surface area contributed by atoms with Crippen molar-refractivity contribution >= 4 is 11.9 Å². The van der Waals surface area contributed by atoms with Crippen LogP contribution < -0.4 is 10.1 Å². The Bertz CT molecular complexity index is 630. The maximum Gasteiger partial charge on any atom is 0.354 e. The molecule has 6 nitrogen and oxygen atoms in total. The van der Waals surface area contributed by atoms with Gasteiger partial charge >= 0.3 is 5.97 Å². The average Bonchev–Trinajstić information content (AvgIpc) is 2.83. The predicted octanol–water partition coefficient (Wildman–Crippen LogP) is 1.72. The van der Waals surface area contributed by atoms with E-state index in [4.69, 9.17) is 9.84 Å². The predicted molar refractivity (Wildman–Crippen MR) is 67.3 cm³/mol. The van der Waals surface area contributed by atoms with Gasteiger partial charge in [-0.05, 0) is 12.1 Å². The van der Waals surface area contributed by atoms with Gasteiger partial charge in [0.05, 0.1) is 6.04 Å². The summed E-state index contributed by atoms with van der Waals surface area (Å²) in [6, 6.07) is 8.97. The number of carbonyl (C=O) groups is 1. The minimum absolute atomic E-state index is 0.0373. The number of nitrogens with one attached hydrogen (secondary N) is 1. The van der Waals surface area contributed by atoms with Gasteiger partial charge in [0.15, 0.2) is 5.69 Å². The molecule has 1 aromatic carbocycles. The summed E-state index contributed by atoms with van der Waals surface area (Å²) < 4.78 is 5.53. The van der Waals surface area contributed by atoms with Crippen LogP contribution in [0.3, 0.4) is 0 Å². The largest absolute Gasteiger partial charge is 0.491 e. The third kappa shape index (κ3) is 2.20. The minimum Gasteiger partial charge on any atom is -0.491 e. The van der Waals surface area contributed by atoms with E-state index in [-0.39, 0.29) is 17.7 Å². The maximum absolute atomic E-state index is 10.8. The lowest BCUT2D eigenvalue weighted by atomic mass is 10.1. The lowest BCUT2D eigenvalue weighted by molar-refractivity contribution is 0.0690. The maximum atomic E-state index is 10.8. The van der Waals surface area contributed by atoms with Crippen molar-refractivity contribution in [2.24, 2.45) is 0 Å². The van der Waals surface area contributed by atoms with Gasteiger partial charge < -0.3 is 15.2 Å². The smallest absolute Gasteiger partial charge is 0.354 e. The van der Waals surface area contributed by atoms with Crippen LogP contribution in [-0.4, -0.2) is 27.7 Å². The highest BCUT2D eigenvalue weighted by atomic mass is 16.5. The molecule has 0 saturated heterocycles. The van der Waals surface area contributed by atoms with E-state index in [0.717, 1.165) is 11.3 Å². The highest BCUT2D eigenvalue weighted by molar-refractivity contribution is 5.85. The Morgan fingerprint density at radius 3 is 3.05 bits per heavy atom. The van der Waals surface area contributed by atoms with Crippen LogP contribution >= 0.6 is 0 Å². The molecule has 3 rings (SSSR count). The summed E-state index contributed by atoms with van der Waals surface area (Å²) in [6.45, 7) is 0.472. The zero-order valence-corrected chi connectivity index (χ0v) is 9.91. The minimum atomic E-state index is -1.08. The molecule has 1 unspecified atom stereocenters. The Balaban J connectivity index is 1.83. The number of para-hydroxylation sites is 1. The van der Waals surface area contributed by atoms with Crippen LogP contribution in [0.15, 0.2) is 36.5 Å². The number of hydrogen-bond donors (Lipinski definition) is 2. The number of ether oxygens (including phenoxy) is 1. The van der Waals surface area contributed by atoms with Gasteiger partial charge in [0.1, 0.15) is 12.4 Å². The van der Waals surface area contributed by atoms with Crippen LogP contribution in [0.4, 0.5) is 5.95 Å². The molecule has 19 heavy (non-hydrogen) atoms. The second-order valence-electron chi connectivity index (χ2n) is 4.12. The second-order valence-corrected chi connectivity index (χ2v) is 4.12. The quantitative estimate of drug-likeness (QED) is 0.871. The molecular weight excluding hydrogens is 246 g/mol. The first-order chi connectivity index (χ1) is 9.24. The standard InChI is InChI=1S/C13H11N3O3/c17-12(18)9-5-6-14-13(15-9)16-10-7-19-11-4-2-1-3-8(10)11/h1-6,10H,7H2,(H,17,18)(H,14,15,16). The van der Waals surface area contributed by atoms with Gasteiger partial charge in [-0.15, -0.1) is 0 Å². The van der Waals surface area contributed by atoms with Crippen LogP contribution in [-0.2, 0) is 0 Å². The zero-order valence-electron chi connectivity index (χ0n) is 9.91. The van der Waals surface area contributed by atoms with Crippen LogP contribution in [0.5, 0.6) is 5.75 Å². The molecule has 2 heterocycles.